The lowest BCUT2D eigenvalue weighted by atomic mass is 10.0. The number of nitrogens with zero attached hydrogens (tertiary/aromatic N) is 2. The molecule has 0 spiro atoms. The van der Waals surface area contributed by atoms with Gasteiger partial charge >= 0.3 is 0 Å². The van der Waals surface area contributed by atoms with E-state index in [1.807, 2.05) is 43.3 Å². The Bertz CT molecular complexity index is 924. The fourth-order valence-electron chi connectivity index (χ4n) is 3.85. The van der Waals surface area contributed by atoms with Crippen LogP contribution in [0.15, 0.2) is 54.6 Å². The minimum atomic E-state index is -0.252. The Kier molecular flexibility index (Phi) is 5.72. The van der Waals surface area contributed by atoms with E-state index >= 15 is 0 Å². The second-order valence-corrected chi connectivity index (χ2v) is 7.30. The van der Waals surface area contributed by atoms with Crippen LogP contribution in [0.5, 0.6) is 5.75 Å². The first kappa shape index (κ1) is 18.7. The molecule has 1 saturated heterocycles. The van der Waals surface area contributed by atoms with E-state index in [4.69, 9.17) is 4.74 Å². The van der Waals surface area contributed by atoms with Crippen LogP contribution in [-0.2, 0) is 0 Å². The number of para-hydroxylation sites is 2. The van der Waals surface area contributed by atoms with Crippen LogP contribution >= 0.6 is 0 Å². The first-order chi connectivity index (χ1) is 13.7. The van der Waals surface area contributed by atoms with Crippen LogP contribution in [0, 0.1) is 12.7 Å². The van der Waals surface area contributed by atoms with E-state index in [-0.39, 0.29) is 5.82 Å². The monoisotopic (exact) mass is 379 g/mol. The summed E-state index contributed by atoms with van der Waals surface area (Å²) < 4.78 is 19.9. The molecule has 146 valence electrons. The third kappa shape index (κ3) is 4.25. The van der Waals surface area contributed by atoms with E-state index < -0.39 is 0 Å². The molecule has 3 aromatic rings. The second kappa shape index (κ2) is 8.57. The number of benzene rings is 2. The quantitative estimate of drug-likeness (QED) is 0.647. The zero-order valence-corrected chi connectivity index (χ0v) is 16.2. The van der Waals surface area contributed by atoms with Gasteiger partial charge in [-0.1, -0.05) is 30.3 Å². The van der Waals surface area contributed by atoms with Crippen molar-refractivity contribution in [1.29, 1.82) is 0 Å². The maximum absolute atomic E-state index is 14.2. The third-order valence-electron chi connectivity index (χ3n) is 5.28. The normalized spacial score (nSPS) is 15.1. The number of pyridine rings is 1. The highest BCUT2D eigenvalue weighted by Gasteiger charge is 2.21. The number of nitrogens with one attached hydrogen (secondary N) is 1. The fraction of sp³-hybridized carbons (Fsp3) is 0.348. The molecule has 0 aliphatic carbocycles. The molecule has 0 bridgehead atoms. The van der Waals surface area contributed by atoms with Crippen LogP contribution in [-0.4, -0.2) is 37.3 Å². The molecular weight excluding hydrogens is 353 g/mol. The number of rotatable bonds is 6. The SMILES string of the molecule is Cc1cc(N2CCC(NCCOc3ccccc3)CC2)c2cccc(F)c2n1. The first-order valence-corrected chi connectivity index (χ1v) is 9.93. The average molecular weight is 379 g/mol. The van der Waals surface area contributed by atoms with Crippen molar-refractivity contribution in [3.05, 3.63) is 66.1 Å². The summed E-state index contributed by atoms with van der Waals surface area (Å²) >= 11 is 0. The van der Waals surface area contributed by atoms with Gasteiger partial charge in [0.15, 0.2) is 0 Å². The highest BCUT2D eigenvalue weighted by molar-refractivity contribution is 5.92. The molecule has 0 amide bonds. The van der Waals surface area contributed by atoms with Gasteiger partial charge in [-0.3, -0.25) is 0 Å². The summed E-state index contributed by atoms with van der Waals surface area (Å²) in [5.41, 5.74) is 2.41. The predicted molar refractivity (Wildman–Crippen MR) is 112 cm³/mol. The summed E-state index contributed by atoms with van der Waals surface area (Å²) in [6.07, 6.45) is 2.12. The molecule has 5 heteroatoms. The Morgan fingerprint density at radius 1 is 1.11 bits per heavy atom. The minimum Gasteiger partial charge on any atom is -0.492 e. The Hall–Kier alpha value is -2.66. The number of fused-ring (bicyclic) bond motifs is 1. The van der Waals surface area contributed by atoms with Crippen LogP contribution in [0.2, 0.25) is 0 Å². The molecule has 2 aromatic carbocycles. The molecule has 1 aromatic heterocycles. The Labute approximate surface area is 165 Å². The molecule has 0 radical (unpaired) electrons. The molecule has 0 atom stereocenters. The van der Waals surface area contributed by atoms with Gasteiger partial charge in [-0.2, -0.15) is 0 Å². The highest BCUT2D eigenvalue weighted by atomic mass is 19.1. The van der Waals surface area contributed by atoms with Gasteiger partial charge in [0.1, 0.15) is 23.7 Å². The number of hydrogen-bond donors (Lipinski definition) is 1. The van der Waals surface area contributed by atoms with Gasteiger partial charge in [0.05, 0.1) is 0 Å². The highest BCUT2D eigenvalue weighted by Crippen LogP contribution is 2.30. The van der Waals surface area contributed by atoms with Gasteiger partial charge in [-0.25, -0.2) is 9.37 Å². The van der Waals surface area contributed by atoms with Crippen molar-refractivity contribution in [2.45, 2.75) is 25.8 Å². The van der Waals surface area contributed by atoms with E-state index in [2.05, 4.69) is 21.3 Å². The summed E-state index contributed by atoms with van der Waals surface area (Å²) in [7, 11) is 0. The molecule has 0 saturated carbocycles. The smallest absolute Gasteiger partial charge is 0.149 e. The standard InChI is InChI=1S/C23H26FN3O/c1-17-16-22(20-8-5-9-21(24)23(20)26-17)27-13-10-18(11-14-27)25-12-15-28-19-6-3-2-4-7-19/h2-9,16,18,25H,10-15H2,1H3. The summed E-state index contributed by atoms with van der Waals surface area (Å²) in [5.74, 6) is 0.656. The summed E-state index contributed by atoms with van der Waals surface area (Å²) in [6, 6.07) is 17.7. The maximum Gasteiger partial charge on any atom is 0.149 e. The zero-order valence-electron chi connectivity index (χ0n) is 16.2. The molecule has 1 N–H and O–H groups in total. The van der Waals surface area contributed by atoms with Gasteiger partial charge in [0.25, 0.3) is 0 Å². The molecule has 4 rings (SSSR count). The lowest BCUT2D eigenvalue weighted by Gasteiger charge is -2.34. The van der Waals surface area contributed by atoms with Crippen molar-refractivity contribution in [1.82, 2.24) is 10.3 Å². The van der Waals surface area contributed by atoms with Crippen LogP contribution in [0.3, 0.4) is 0 Å². The zero-order chi connectivity index (χ0) is 19.3. The molecule has 0 unspecified atom stereocenters. The third-order valence-corrected chi connectivity index (χ3v) is 5.28. The summed E-state index contributed by atoms with van der Waals surface area (Å²) in [6.45, 7) is 5.33. The molecule has 2 heterocycles. The van der Waals surface area contributed by atoms with Gasteiger partial charge in [0.2, 0.25) is 0 Å². The van der Waals surface area contributed by atoms with Crippen molar-refractivity contribution >= 4 is 16.6 Å². The fourth-order valence-corrected chi connectivity index (χ4v) is 3.85. The van der Waals surface area contributed by atoms with Crippen LogP contribution < -0.4 is 15.0 Å². The largest absolute Gasteiger partial charge is 0.492 e. The van der Waals surface area contributed by atoms with Gasteiger partial charge in [-0.15, -0.1) is 0 Å². The lowest BCUT2D eigenvalue weighted by molar-refractivity contribution is 0.296. The molecule has 4 nitrogen and oxygen atoms in total. The van der Waals surface area contributed by atoms with Crippen molar-refractivity contribution in [3.63, 3.8) is 0 Å². The lowest BCUT2D eigenvalue weighted by Crippen LogP contribution is -2.43. The van der Waals surface area contributed by atoms with Crippen LogP contribution in [0.1, 0.15) is 18.5 Å². The maximum atomic E-state index is 14.2. The Balaban J connectivity index is 1.32. The number of anilines is 1. The van der Waals surface area contributed by atoms with Crippen molar-refractivity contribution < 1.29 is 9.13 Å². The second-order valence-electron chi connectivity index (χ2n) is 7.30. The number of piperidine rings is 1. The van der Waals surface area contributed by atoms with E-state index in [0.29, 0.717) is 18.2 Å². The number of ether oxygens (including phenoxy) is 1. The van der Waals surface area contributed by atoms with E-state index in [1.54, 1.807) is 6.07 Å². The van der Waals surface area contributed by atoms with E-state index in [9.17, 15) is 4.39 Å². The topological polar surface area (TPSA) is 37.4 Å². The van der Waals surface area contributed by atoms with Crippen LogP contribution in [0.4, 0.5) is 10.1 Å². The average Bonchev–Trinajstić information content (AvgIpc) is 2.73. The summed E-state index contributed by atoms with van der Waals surface area (Å²) in [4.78, 5) is 6.75. The molecule has 28 heavy (non-hydrogen) atoms. The van der Waals surface area contributed by atoms with E-state index in [0.717, 1.165) is 55.0 Å². The number of aromatic nitrogens is 1. The molecular formula is C23H26FN3O. The van der Waals surface area contributed by atoms with Crippen LogP contribution in [0.25, 0.3) is 10.9 Å². The van der Waals surface area contributed by atoms with E-state index in [1.165, 1.54) is 6.07 Å². The summed E-state index contributed by atoms with van der Waals surface area (Å²) in [5, 5.41) is 4.49. The number of halogens is 1. The minimum absolute atomic E-state index is 0.252. The van der Waals surface area contributed by atoms with Crippen molar-refractivity contribution in [2.24, 2.45) is 0 Å². The van der Waals surface area contributed by atoms with Crippen molar-refractivity contribution in [3.8, 4) is 5.75 Å². The molecule has 1 aliphatic rings. The number of aryl methyl sites for hydroxylation is 1. The predicted octanol–water partition coefficient (Wildman–Crippen LogP) is 4.32. The molecule has 1 fully saturated rings. The molecule has 1 aliphatic heterocycles. The van der Waals surface area contributed by atoms with Crippen molar-refractivity contribution in [2.75, 3.05) is 31.1 Å². The first-order valence-electron chi connectivity index (χ1n) is 9.93. The Morgan fingerprint density at radius 3 is 2.68 bits per heavy atom. The number of hydrogen-bond acceptors (Lipinski definition) is 4. The Morgan fingerprint density at radius 2 is 1.89 bits per heavy atom. The van der Waals surface area contributed by atoms with Gasteiger partial charge in [0, 0.05) is 42.4 Å². The van der Waals surface area contributed by atoms with Gasteiger partial charge < -0.3 is 15.0 Å². The van der Waals surface area contributed by atoms with Gasteiger partial charge in [-0.05, 0) is 44.0 Å².